The Morgan fingerprint density at radius 3 is 2.48 bits per heavy atom. The first kappa shape index (κ1) is 21.0. The molecule has 0 bridgehead atoms. The van der Waals surface area contributed by atoms with Gasteiger partial charge in [0.2, 0.25) is 5.91 Å². The highest BCUT2D eigenvalue weighted by Crippen LogP contribution is 2.12. The molecule has 2 aromatic carbocycles. The van der Waals surface area contributed by atoms with Crippen LogP contribution >= 0.6 is 0 Å². The molecule has 1 heterocycles. The summed E-state index contributed by atoms with van der Waals surface area (Å²) in [5.41, 5.74) is 2.40. The molecule has 0 atom stereocenters. The van der Waals surface area contributed by atoms with Crippen LogP contribution < -0.4 is 0 Å². The number of benzene rings is 2. The van der Waals surface area contributed by atoms with Crippen LogP contribution in [0.1, 0.15) is 23.1 Å². The number of hydrogen-bond acceptors (Lipinski definition) is 4. The molecule has 0 aromatic heterocycles. The molecular weight excluding hydrogens is 367 g/mol. The Hall–Kier alpha value is -2.75. The molecular formula is C23H27FN4O. The van der Waals surface area contributed by atoms with E-state index in [0.29, 0.717) is 17.7 Å². The number of amides is 1. The lowest BCUT2D eigenvalue weighted by Gasteiger charge is -2.24. The first-order chi connectivity index (χ1) is 14.0. The fourth-order valence-corrected chi connectivity index (χ4v) is 3.57. The summed E-state index contributed by atoms with van der Waals surface area (Å²) < 4.78 is 13.8. The van der Waals surface area contributed by atoms with Crippen molar-refractivity contribution < 1.29 is 9.18 Å². The second-order valence-corrected chi connectivity index (χ2v) is 7.56. The predicted molar refractivity (Wildman–Crippen MR) is 110 cm³/mol. The number of likely N-dealkylation sites (N-methyl/N-ethyl adjacent to an activating group) is 1. The van der Waals surface area contributed by atoms with Gasteiger partial charge in [0.25, 0.3) is 0 Å². The van der Waals surface area contributed by atoms with Gasteiger partial charge in [-0.25, -0.2) is 4.39 Å². The molecule has 0 N–H and O–H groups in total. The maximum absolute atomic E-state index is 13.8. The third kappa shape index (κ3) is 6.11. The fourth-order valence-electron chi connectivity index (χ4n) is 3.57. The van der Waals surface area contributed by atoms with Gasteiger partial charge in [-0.1, -0.05) is 30.3 Å². The van der Waals surface area contributed by atoms with Gasteiger partial charge in [-0.3, -0.25) is 14.6 Å². The van der Waals surface area contributed by atoms with Gasteiger partial charge in [-0.2, -0.15) is 5.26 Å². The average molecular weight is 394 g/mol. The van der Waals surface area contributed by atoms with E-state index in [1.54, 1.807) is 30.1 Å². The van der Waals surface area contributed by atoms with Gasteiger partial charge in [-0.15, -0.1) is 0 Å². The number of carbonyl (C=O) groups excluding carboxylic acids is 1. The smallest absolute Gasteiger partial charge is 0.236 e. The van der Waals surface area contributed by atoms with Crippen molar-refractivity contribution >= 4 is 5.91 Å². The maximum Gasteiger partial charge on any atom is 0.236 e. The topological polar surface area (TPSA) is 50.6 Å². The van der Waals surface area contributed by atoms with Crippen molar-refractivity contribution in [3.8, 4) is 6.07 Å². The molecule has 2 aromatic rings. The van der Waals surface area contributed by atoms with Gasteiger partial charge in [0.1, 0.15) is 5.82 Å². The van der Waals surface area contributed by atoms with E-state index in [2.05, 4.69) is 15.9 Å². The Morgan fingerprint density at radius 2 is 1.76 bits per heavy atom. The molecule has 0 radical (unpaired) electrons. The van der Waals surface area contributed by atoms with Gasteiger partial charge in [0.15, 0.2) is 0 Å². The SMILES string of the molecule is CN(Cc1ccccc1F)C(=O)CN1CCCN(Cc2ccc(C#N)cc2)CC1. The molecule has 6 heteroatoms. The van der Waals surface area contributed by atoms with Gasteiger partial charge < -0.3 is 4.90 Å². The van der Waals surface area contributed by atoms with Crippen molar-refractivity contribution in [3.63, 3.8) is 0 Å². The molecule has 152 valence electrons. The van der Waals surface area contributed by atoms with Crippen molar-refractivity contribution in [2.24, 2.45) is 0 Å². The average Bonchev–Trinajstić information content (AvgIpc) is 2.95. The number of halogens is 1. The minimum Gasteiger partial charge on any atom is -0.340 e. The second kappa shape index (κ2) is 10.1. The van der Waals surface area contributed by atoms with Crippen LogP contribution in [-0.2, 0) is 17.9 Å². The minimum absolute atomic E-state index is 0.00814. The standard InChI is InChI=1S/C23H27FN4O/c1-26(17-21-5-2-3-6-22(21)24)23(29)18-28-12-4-11-27(13-14-28)16-20-9-7-19(15-25)8-10-20/h2-3,5-10H,4,11-14,16-18H2,1H3. The Labute approximate surface area is 171 Å². The summed E-state index contributed by atoms with van der Waals surface area (Å²) in [5.74, 6) is -0.269. The zero-order chi connectivity index (χ0) is 20.6. The summed E-state index contributed by atoms with van der Waals surface area (Å²) >= 11 is 0. The normalized spacial score (nSPS) is 15.5. The number of hydrogen-bond donors (Lipinski definition) is 0. The zero-order valence-corrected chi connectivity index (χ0v) is 16.9. The van der Waals surface area contributed by atoms with Crippen LogP contribution in [0.5, 0.6) is 0 Å². The summed E-state index contributed by atoms with van der Waals surface area (Å²) in [4.78, 5) is 18.8. The van der Waals surface area contributed by atoms with E-state index in [9.17, 15) is 9.18 Å². The lowest BCUT2D eigenvalue weighted by molar-refractivity contribution is -0.131. The van der Waals surface area contributed by atoms with E-state index >= 15 is 0 Å². The second-order valence-electron chi connectivity index (χ2n) is 7.56. The van der Waals surface area contributed by atoms with E-state index in [0.717, 1.165) is 39.1 Å². The molecule has 29 heavy (non-hydrogen) atoms. The molecule has 0 spiro atoms. The summed E-state index contributed by atoms with van der Waals surface area (Å²) in [6, 6.07) is 16.4. The molecule has 3 rings (SSSR count). The monoisotopic (exact) mass is 394 g/mol. The summed E-state index contributed by atoms with van der Waals surface area (Å²) in [7, 11) is 1.73. The summed E-state index contributed by atoms with van der Waals surface area (Å²) in [5, 5.41) is 8.91. The van der Waals surface area contributed by atoms with Gasteiger partial charge in [0.05, 0.1) is 18.2 Å². The van der Waals surface area contributed by atoms with Crippen LogP contribution in [0, 0.1) is 17.1 Å². The molecule has 1 aliphatic rings. The molecule has 0 unspecified atom stereocenters. The third-order valence-corrected chi connectivity index (χ3v) is 5.32. The van der Waals surface area contributed by atoms with E-state index < -0.39 is 0 Å². The molecule has 0 aliphatic carbocycles. The predicted octanol–water partition coefficient (Wildman–Crippen LogP) is 2.86. The maximum atomic E-state index is 13.8. The van der Waals surface area contributed by atoms with Gasteiger partial charge in [0, 0.05) is 38.8 Å². The number of rotatable bonds is 6. The van der Waals surface area contributed by atoms with E-state index in [1.807, 2.05) is 24.3 Å². The van der Waals surface area contributed by atoms with E-state index in [-0.39, 0.29) is 18.3 Å². The van der Waals surface area contributed by atoms with E-state index in [4.69, 9.17) is 5.26 Å². The fraction of sp³-hybridized carbons (Fsp3) is 0.391. The lowest BCUT2D eigenvalue weighted by atomic mass is 10.1. The Balaban J connectivity index is 1.48. The Bertz CT molecular complexity index is 862. The van der Waals surface area contributed by atoms with Crippen LogP contribution in [-0.4, -0.2) is 60.4 Å². The van der Waals surface area contributed by atoms with Crippen LogP contribution in [0.15, 0.2) is 48.5 Å². The molecule has 0 saturated carbocycles. The third-order valence-electron chi connectivity index (χ3n) is 5.32. The first-order valence-electron chi connectivity index (χ1n) is 9.96. The highest BCUT2D eigenvalue weighted by molar-refractivity contribution is 5.78. The Morgan fingerprint density at radius 1 is 1.07 bits per heavy atom. The largest absolute Gasteiger partial charge is 0.340 e. The van der Waals surface area contributed by atoms with Crippen molar-refractivity contribution in [3.05, 3.63) is 71.0 Å². The van der Waals surface area contributed by atoms with E-state index in [1.165, 1.54) is 11.6 Å². The number of carbonyl (C=O) groups is 1. The number of nitrogens with zero attached hydrogens (tertiary/aromatic N) is 4. The van der Waals surface area contributed by atoms with Crippen molar-refractivity contribution in [2.45, 2.75) is 19.5 Å². The van der Waals surface area contributed by atoms with Gasteiger partial charge >= 0.3 is 0 Å². The molecule has 1 fully saturated rings. The lowest BCUT2D eigenvalue weighted by Crippen LogP contribution is -2.40. The van der Waals surface area contributed by atoms with Crippen LogP contribution in [0.4, 0.5) is 4.39 Å². The van der Waals surface area contributed by atoms with Crippen LogP contribution in [0.2, 0.25) is 0 Å². The molecule has 1 aliphatic heterocycles. The number of nitriles is 1. The Kier molecular flexibility index (Phi) is 7.34. The van der Waals surface area contributed by atoms with Gasteiger partial charge in [-0.05, 0) is 43.3 Å². The van der Waals surface area contributed by atoms with Crippen LogP contribution in [0.25, 0.3) is 0 Å². The van der Waals surface area contributed by atoms with Crippen molar-refractivity contribution in [1.82, 2.24) is 14.7 Å². The molecule has 1 saturated heterocycles. The summed E-state index contributed by atoms with van der Waals surface area (Å²) in [6.07, 6.45) is 1.00. The zero-order valence-electron chi connectivity index (χ0n) is 16.9. The van der Waals surface area contributed by atoms with Crippen molar-refractivity contribution in [2.75, 3.05) is 39.8 Å². The minimum atomic E-state index is -0.277. The molecule has 5 nitrogen and oxygen atoms in total. The van der Waals surface area contributed by atoms with Crippen LogP contribution in [0.3, 0.4) is 0 Å². The molecule has 1 amide bonds. The highest BCUT2D eigenvalue weighted by Gasteiger charge is 2.19. The highest BCUT2D eigenvalue weighted by atomic mass is 19.1. The quantitative estimate of drug-likeness (QED) is 0.756. The van der Waals surface area contributed by atoms with Crippen molar-refractivity contribution in [1.29, 1.82) is 5.26 Å². The first-order valence-corrected chi connectivity index (χ1v) is 9.96. The summed E-state index contributed by atoms with van der Waals surface area (Å²) in [6.45, 7) is 5.07.